The van der Waals surface area contributed by atoms with Gasteiger partial charge in [0.2, 0.25) is 0 Å². The van der Waals surface area contributed by atoms with Crippen molar-refractivity contribution in [1.29, 1.82) is 0 Å². The van der Waals surface area contributed by atoms with Crippen LogP contribution in [0, 0.1) is 0 Å². The quantitative estimate of drug-likeness (QED) is 0.642. The molecule has 0 spiro atoms. The van der Waals surface area contributed by atoms with Crippen LogP contribution < -0.4 is 0 Å². The first-order chi connectivity index (χ1) is 8.77. The molecule has 3 aromatic rings. The van der Waals surface area contributed by atoms with Crippen LogP contribution in [0.1, 0.15) is 15.9 Å². The van der Waals surface area contributed by atoms with Gasteiger partial charge in [-0.05, 0) is 6.07 Å². The van der Waals surface area contributed by atoms with Crippen LogP contribution in [0.25, 0.3) is 10.9 Å². The van der Waals surface area contributed by atoms with Gasteiger partial charge < -0.3 is 4.57 Å². The number of fused-ring (bicyclic) bond motifs is 1. The Morgan fingerprint density at radius 1 is 1.17 bits per heavy atom. The fourth-order valence-electron chi connectivity index (χ4n) is 2.09. The smallest absolute Gasteiger partial charge is 0.198 e. The van der Waals surface area contributed by atoms with E-state index in [1.807, 2.05) is 42.1 Å². The minimum atomic E-state index is -0.0487. The molecule has 0 N–H and O–H groups in total. The van der Waals surface area contributed by atoms with E-state index in [1.165, 1.54) is 18.7 Å². The van der Waals surface area contributed by atoms with E-state index in [2.05, 4.69) is 9.97 Å². The molecule has 0 aliphatic heterocycles. The molecule has 0 fully saturated rings. The number of nitrogens with zero attached hydrogens (tertiary/aromatic N) is 3. The van der Waals surface area contributed by atoms with Crippen molar-refractivity contribution < 1.29 is 4.79 Å². The van der Waals surface area contributed by atoms with Gasteiger partial charge in [0.1, 0.15) is 6.33 Å². The molecule has 4 heteroatoms. The Labute approximate surface area is 104 Å². The summed E-state index contributed by atoms with van der Waals surface area (Å²) in [6.45, 7) is 0. The zero-order chi connectivity index (χ0) is 12.5. The summed E-state index contributed by atoms with van der Waals surface area (Å²) in [7, 11) is 1.93. The van der Waals surface area contributed by atoms with E-state index in [1.54, 1.807) is 0 Å². The lowest BCUT2D eigenvalue weighted by Crippen LogP contribution is -2.01. The van der Waals surface area contributed by atoms with E-state index >= 15 is 0 Å². The van der Waals surface area contributed by atoms with Gasteiger partial charge in [0.15, 0.2) is 5.78 Å². The van der Waals surface area contributed by atoms with Crippen molar-refractivity contribution in [3.63, 3.8) is 0 Å². The first-order valence-electron chi connectivity index (χ1n) is 5.61. The Balaban J connectivity index is 2.19. The first kappa shape index (κ1) is 10.7. The fraction of sp³-hybridized carbons (Fsp3) is 0.0714. The molecule has 0 saturated carbocycles. The maximum Gasteiger partial charge on any atom is 0.198 e. The lowest BCUT2D eigenvalue weighted by Gasteiger charge is -1.97. The normalized spacial score (nSPS) is 10.7. The number of aromatic nitrogens is 3. The molecule has 2 heterocycles. The van der Waals surface area contributed by atoms with Crippen LogP contribution >= 0.6 is 0 Å². The third-order valence-corrected chi connectivity index (χ3v) is 2.96. The Morgan fingerprint density at radius 3 is 2.67 bits per heavy atom. The summed E-state index contributed by atoms with van der Waals surface area (Å²) in [4.78, 5) is 20.1. The van der Waals surface area contributed by atoms with Crippen LogP contribution in [-0.4, -0.2) is 20.3 Å². The summed E-state index contributed by atoms with van der Waals surface area (Å²) in [5, 5.41) is 0.953. The molecule has 0 unspecified atom stereocenters. The van der Waals surface area contributed by atoms with Crippen molar-refractivity contribution >= 4 is 16.7 Å². The van der Waals surface area contributed by atoms with Crippen molar-refractivity contribution in [2.45, 2.75) is 0 Å². The molecule has 0 saturated heterocycles. The highest BCUT2D eigenvalue weighted by molar-refractivity contribution is 6.16. The fourth-order valence-corrected chi connectivity index (χ4v) is 2.09. The molecule has 1 aromatic carbocycles. The van der Waals surface area contributed by atoms with E-state index in [9.17, 15) is 4.79 Å². The third-order valence-electron chi connectivity index (χ3n) is 2.96. The van der Waals surface area contributed by atoms with Gasteiger partial charge in [0.05, 0.1) is 5.56 Å². The number of ketones is 1. The predicted molar refractivity (Wildman–Crippen MR) is 68.4 cm³/mol. The second-order valence-corrected chi connectivity index (χ2v) is 4.13. The molecule has 18 heavy (non-hydrogen) atoms. The second-order valence-electron chi connectivity index (χ2n) is 4.13. The molecule has 4 nitrogen and oxygen atoms in total. The summed E-state index contributed by atoms with van der Waals surface area (Å²) in [6.07, 6.45) is 6.34. The molecule has 0 aliphatic carbocycles. The van der Waals surface area contributed by atoms with Crippen molar-refractivity contribution in [1.82, 2.24) is 14.5 Å². The van der Waals surface area contributed by atoms with Crippen molar-refractivity contribution in [2.24, 2.45) is 7.05 Å². The number of carbonyl (C=O) groups excluding carboxylic acids is 1. The van der Waals surface area contributed by atoms with Crippen LogP contribution in [0.5, 0.6) is 0 Å². The van der Waals surface area contributed by atoms with Crippen molar-refractivity contribution in [3.8, 4) is 0 Å². The average Bonchev–Trinajstić information content (AvgIpc) is 2.77. The van der Waals surface area contributed by atoms with Crippen LogP contribution in [0.2, 0.25) is 0 Å². The average molecular weight is 237 g/mol. The third kappa shape index (κ3) is 1.59. The number of benzene rings is 1. The minimum Gasteiger partial charge on any atom is -0.350 e. The van der Waals surface area contributed by atoms with E-state index in [0.29, 0.717) is 11.1 Å². The predicted octanol–water partition coefficient (Wildman–Crippen LogP) is 2.20. The van der Waals surface area contributed by atoms with Gasteiger partial charge in [-0.15, -0.1) is 0 Å². The summed E-state index contributed by atoms with van der Waals surface area (Å²) in [5.41, 5.74) is 2.23. The molecule has 0 aliphatic rings. The number of para-hydroxylation sites is 1. The molecule has 0 amide bonds. The highest BCUT2D eigenvalue weighted by atomic mass is 16.1. The summed E-state index contributed by atoms with van der Waals surface area (Å²) >= 11 is 0. The van der Waals surface area contributed by atoms with E-state index in [4.69, 9.17) is 0 Å². The molecular weight excluding hydrogens is 226 g/mol. The van der Waals surface area contributed by atoms with E-state index in [-0.39, 0.29) is 5.78 Å². The number of hydrogen-bond acceptors (Lipinski definition) is 3. The standard InChI is InChI=1S/C14H11N3O/c1-17-8-12(11-4-2-3-5-13(11)17)14(18)10-6-15-9-16-7-10/h2-9H,1H3. The van der Waals surface area contributed by atoms with Crippen LogP contribution in [0.3, 0.4) is 0 Å². The molecule has 88 valence electrons. The summed E-state index contributed by atoms with van der Waals surface area (Å²) in [6, 6.07) is 7.84. The lowest BCUT2D eigenvalue weighted by atomic mass is 10.1. The summed E-state index contributed by atoms with van der Waals surface area (Å²) < 4.78 is 1.95. The topological polar surface area (TPSA) is 47.8 Å². The number of aryl methyl sites for hydroxylation is 1. The molecule has 0 bridgehead atoms. The van der Waals surface area contributed by atoms with Gasteiger partial charge in [0.25, 0.3) is 0 Å². The molecule has 0 radical (unpaired) electrons. The lowest BCUT2D eigenvalue weighted by molar-refractivity contribution is 0.103. The van der Waals surface area contributed by atoms with Gasteiger partial charge in [-0.1, -0.05) is 18.2 Å². The number of hydrogen-bond donors (Lipinski definition) is 0. The van der Waals surface area contributed by atoms with Gasteiger partial charge in [-0.25, -0.2) is 9.97 Å². The van der Waals surface area contributed by atoms with Gasteiger partial charge in [-0.3, -0.25) is 4.79 Å². The largest absolute Gasteiger partial charge is 0.350 e. The maximum absolute atomic E-state index is 12.4. The van der Waals surface area contributed by atoms with E-state index in [0.717, 1.165) is 10.9 Å². The molecular formula is C14H11N3O. The second kappa shape index (κ2) is 4.07. The minimum absolute atomic E-state index is 0.0487. The van der Waals surface area contributed by atoms with Crippen LogP contribution in [-0.2, 0) is 7.05 Å². The molecule has 0 atom stereocenters. The van der Waals surface area contributed by atoms with Crippen LogP contribution in [0.4, 0.5) is 0 Å². The van der Waals surface area contributed by atoms with Crippen LogP contribution in [0.15, 0.2) is 49.2 Å². The zero-order valence-electron chi connectivity index (χ0n) is 9.87. The Bertz CT molecular complexity index is 716. The Kier molecular flexibility index (Phi) is 2.41. The maximum atomic E-state index is 12.4. The first-order valence-corrected chi connectivity index (χ1v) is 5.61. The Hall–Kier alpha value is -2.49. The van der Waals surface area contributed by atoms with E-state index < -0.39 is 0 Å². The SMILES string of the molecule is Cn1cc(C(=O)c2cncnc2)c2ccccc21. The molecule has 3 rings (SSSR count). The number of carbonyl (C=O) groups is 1. The molecule has 2 aromatic heterocycles. The summed E-state index contributed by atoms with van der Waals surface area (Å²) in [5.74, 6) is -0.0487. The highest BCUT2D eigenvalue weighted by Gasteiger charge is 2.15. The van der Waals surface area contributed by atoms with Gasteiger partial charge in [-0.2, -0.15) is 0 Å². The van der Waals surface area contributed by atoms with Crippen molar-refractivity contribution in [3.05, 3.63) is 60.3 Å². The van der Waals surface area contributed by atoms with Gasteiger partial charge >= 0.3 is 0 Å². The highest BCUT2D eigenvalue weighted by Crippen LogP contribution is 2.22. The Morgan fingerprint density at radius 2 is 1.89 bits per heavy atom. The monoisotopic (exact) mass is 237 g/mol. The van der Waals surface area contributed by atoms with Gasteiger partial charge in [0, 0.05) is 42.1 Å². The zero-order valence-corrected chi connectivity index (χ0v) is 9.87. The number of rotatable bonds is 2. The van der Waals surface area contributed by atoms with Crippen molar-refractivity contribution in [2.75, 3.05) is 0 Å².